The Morgan fingerprint density at radius 3 is 2.21 bits per heavy atom. The number of amides is 4. The Kier molecular flexibility index (Phi) is 8.01. The molecule has 38 heavy (non-hydrogen) atoms. The van der Waals surface area contributed by atoms with Crippen LogP contribution < -0.4 is 10.6 Å². The third-order valence-electron chi connectivity index (χ3n) is 6.65. The van der Waals surface area contributed by atoms with Gasteiger partial charge < -0.3 is 24.9 Å². The second-order valence-electron chi connectivity index (χ2n) is 9.80. The molecule has 1 fully saturated rings. The number of hydrogen-bond donors (Lipinski definition) is 2. The first-order chi connectivity index (χ1) is 18.0. The fourth-order valence-electron chi connectivity index (χ4n) is 4.59. The molecule has 2 aromatic heterocycles. The summed E-state index contributed by atoms with van der Waals surface area (Å²) in [6.45, 7) is 0. The quantitative estimate of drug-likeness (QED) is 0.482. The van der Waals surface area contributed by atoms with Crippen LogP contribution in [0.1, 0.15) is 46.6 Å². The number of benzene rings is 1. The first-order valence-corrected chi connectivity index (χ1v) is 12.7. The van der Waals surface area contributed by atoms with Crippen LogP contribution in [0.4, 0.5) is 11.5 Å². The summed E-state index contributed by atoms with van der Waals surface area (Å²) in [6, 6.07) is 7.92. The van der Waals surface area contributed by atoms with Crippen molar-refractivity contribution in [2.75, 3.05) is 38.8 Å². The molecule has 0 spiro atoms. The Labute approximate surface area is 225 Å². The second kappa shape index (κ2) is 11.2. The Morgan fingerprint density at radius 2 is 1.61 bits per heavy atom. The molecule has 2 N–H and O–H groups in total. The van der Waals surface area contributed by atoms with E-state index in [9.17, 15) is 19.2 Å². The summed E-state index contributed by atoms with van der Waals surface area (Å²) in [4.78, 5) is 58.6. The molecule has 1 aliphatic rings. The summed E-state index contributed by atoms with van der Waals surface area (Å²) in [6.07, 6.45) is 3.71. The van der Waals surface area contributed by atoms with Crippen molar-refractivity contribution < 1.29 is 23.6 Å². The largest absolute Gasteiger partial charge is 0.449 e. The van der Waals surface area contributed by atoms with Crippen LogP contribution in [-0.2, 0) is 9.59 Å². The number of carbonyl (C=O) groups is 4. The topological polar surface area (TPSA) is 125 Å². The number of pyridine rings is 1. The molecule has 200 valence electrons. The van der Waals surface area contributed by atoms with E-state index in [4.69, 9.17) is 16.0 Å². The third kappa shape index (κ3) is 5.80. The van der Waals surface area contributed by atoms with E-state index in [1.54, 1.807) is 63.4 Å². The Hall–Kier alpha value is -3.92. The number of nitrogens with zero attached hydrogens (tertiary/aromatic N) is 3. The molecule has 1 aromatic carbocycles. The monoisotopic (exact) mass is 539 g/mol. The number of aromatic nitrogens is 1. The number of furan rings is 1. The molecule has 2 heterocycles. The van der Waals surface area contributed by atoms with Crippen LogP contribution in [0.5, 0.6) is 0 Å². The minimum atomic E-state index is -0.618. The molecule has 1 saturated carbocycles. The average molecular weight is 540 g/mol. The molecule has 10 nitrogen and oxygen atoms in total. The lowest BCUT2D eigenvalue weighted by Crippen LogP contribution is -2.35. The maximum Gasteiger partial charge on any atom is 0.294 e. The van der Waals surface area contributed by atoms with Gasteiger partial charge in [0.15, 0.2) is 0 Å². The highest BCUT2D eigenvalue weighted by Crippen LogP contribution is 2.35. The zero-order valence-electron chi connectivity index (χ0n) is 21.7. The first kappa shape index (κ1) is 27.1. The van der Waals surface area contributed by atoms with Gasteiger partial charge in [0, 0.05) is 57.2 Å². The van der Waals surface area contributed by atoms with Crippen molar-refractivity contribution in [3.05, 3.63) is 52.9 Å². The van der Waals surface area contributed by atoms with E-state index >= 15 is 0 Å². The number of anilines is 2. The molecule has 0 aliphatic heterocycles. The highest BCUT2D eigenvalue weighted by molar-refractivity contribution is 6.30. The fourth-order valence-corrected chi connectivity index (χ4v) is 4.70. The van der Waals surface area contributed by atoms with Gasteiger partial charge in [0.2, 0.25) is 17.6 Å². The number of hydrogen-bond acceptors (Lipinski definition) is 6. The van der Waals surface area contributed by atoms with Crippen molar-refractivity contribution in [2.45, 2.75) is 25.7 Å². The minimum absolute atomic E-state index is 0.0672. The van der Waals surface area contributed by atoms with E-state index in [2.05, 4.69) is 15.6 Å². The molecule has 0 saturated heterocycles. The fraction of sp³-hybridized carbons (Fsp3) is 0.370. The molecule has 0 radical (unpaired) electrons. The first-order valence-electron chi connectivity index (χ1n) is 12.3. The predicted octanol–water partition coefficient (Wildman–Crippen LogP) is 4.27. The van der Waals surface area contributed by atoms with Gasteiger partial charge in [-0.1, -0.05) is 11.6 Å². The van der Waals surface area contributed by atoms with Gasteiger partial charge in [0.05, 0.1) is 5.02 Å². The lowest BCUT2D eigenvalue weighted by molar-refractivity contribution is -0.135. The van der Waals surface area contributed by atoms with Gasteiger partial charge in [0.1, 0.15) is 17.1 Å². The van der Waals surface area contributed by atoms with E-state index < -0.39 is 5.91 Å². The van der Waals surface area contributed by atoms with Crippen molar-refractivity contribution in [1.29, 1.82) is 0 Å². The Morgan fingerprint density at radius 1 is 0.921 bits per heavy atom. The molecule has 0 bridgehead atoms. The molecule has 0 atom stereocenters. The number of halogens is 1. The van der Waals surface area contributed by atoms with Crippen molar-refractivity contribution >= 4 is 57.7 Å². The molecular formula is C27H30ClN5O5. The van der Waals surface area contributed by atoms with Gasteiger partial charge in [-0.3, -0.25) is 19.2 Å². The minimum Gasteiger partial charge on any atom is -0.449 e. The standard InChI is InChI=1S/C27H30ClN5O5/c1-32(2)26(36)16-7-5-15(6-8-16)24(34)31-22-19-13-17(27(37)33(3)4)9-11-20(19)38-23(22)25(35)30-21-12-10-18(28)14-29-21/h9-16H,5-8H2,1-4H3,(H,31,34)(H,29,30,35)/t15-,16-. The lowest BCUT2D eigenvalue weighted by Gasteiger charge is -2.28. The van der Waals surface area contributed by atoms with Gasteiger partial charge in [-0.05, 0) is 56.0 Å². The van der Waals surface area contributed by atoms with Crippen molar-refractivity contribution in [3.63, 3.8) is 0 Å². The SMILES string of the molecule is CN(C)C(=O)c1ccc2oc(C(=O)Nc3ccc(Cl)cn3)c(NC(=O)[C@H]3CC[C@H](C(=O)N(C)C)CC3)c2c1. The summed E-state index contributed by atoms with van der Waals surface area (Å²) < 4.78 is 5.86. The van der Waals surface area contributed by atoms with Gasteiger partial charge in [-0.15, -0.1) is 0 Å². The van der Waals surface area contributed by atoms with Crippen molar-refractivity contribution in [1.82, 2.24) is 14.8 Å². The second-order valence-corrected chi connectivity index (χ2v) is 10.2. The molecule has 0 unspecified atom stereocenters. The number of carbonyl (C=O) groups excluding carboxylic acids is 4. The number of rotatable bonds is 6. The number of fused-ring (bicyclic) bond motifs is 1. The van der Waals surface area contributed by atoms with Crippen LogP contribution >= 0.6 is 11.6 Å². The predicted molar refractivity (Wildman–Crippen MR) is 144 cm³/mol. The molecule has 3 aromatic rings. The van der Waals surface area contributed by atoms with E-state index in [0.29, 0.717) is 47.2 Å². The number of nitrogens with one attached hydrogen (secondary N) is 2. The van der Waals surface area contributed by atoms with E-state index in [-0.39, 0.29) is 46.8 Å². The summed E-state index contributed by atoms with van der Waals surface area (Å²) in [5.74, 6) is -1.34. The average Bonchev–Trinajstić information content (AvgIpc) is 3.26. The smallest absolute Gasteiger partial charge is 0.294 e. The molecule has 1 aliphatic carbocycles. The van der Waals surface area contributed by atoms with Gasteiger partial charge in [0.25, 0.3) is 11.8 Å². The zero-order valence-corrected chi connectivity index (χ0v) is 22.5. The molecular weight excluding hydrogens is 510 g/mol. The summed E-state index contributed by atoms with van der Waals surface area (Å²) in [7, 11) is 6.74. The molecule has 11 heteroatoms. The summed E-state index contributed by atoms with van der Waals surface area (Å²) >= 11 is 5.89. The van der Waals surface area contributed by atoms with Crippen LogP contribution in [0, 0.1) is 11.8 Å². The van der Waals surface area contributed by atoms with Gasteiger partial charge >= 0.3 is 0 Å². The normalized spacial score (nSPS) is 17.1. The highest BCUT2D eigenvalue weighted by atomic mass is 35.5. The zero-order chi connectivity index (χ0) is 27.6. The summed E-state index contributed by atoms with van der Waals surface area (Å²) in [5, 5.41) is 6.38. The maximum absolute atomic E-state index is 13.3. The summed E-state index contributed by atoms with van der Waals surface area (Å²) in [5.41, 5.74) is 0.898. The van der Waals surface area contributed by atoms with Crippen molar-refractivity contribution in [2.24, 2.45) is 11.8 Å². The van der Waals surface area contributed by atoms with E-state index in [0.717, 1.165) is 0 Å². The lowest BCUT2D eigenvalue weighted by atomic mass is 9.81. The van der Waals surface area contributed by atoms with Gasteiger partial charge in [-0.25, -0.2) is 4.98 Å². The van der Waals surface area contributed by atoms with Gasteiger partial charge in [-0.2, -0.15) is 0 Å². The molecule has 4 amide bonds. The maximum atomic E-state index is 13.3. The third-order valence-corrected chi connectivity index (χ3v) is 6.88. The van der Waals surface area contributed by atoms with Crippen molar-refractivity contribution in [3.8, 4) is 0 Å². The van der Waals surface area contributed by atoms with Crippen LogP contribution in [0.2, 0.25) is 5.02 Å². The molecule has 4 rings (SSSR count). The Balaban J connectivity index is 1.63. The van der Waals surface area contributed by atoms with Crippen LogP contribution in [-0.4, -0.2) is 66.6 Å². The Bertz CT molecular complexity index is 1370. The van der Waals surface area contributed by atoms with E-state index in [1.165, 1.54) is 11.1 Å². The van der Waals surface area contributed by atoms with Crippen LogP contribution in [0.3, 0.4) is 0 Å². The van der Waals surface area contributed by atoms with Crippen LogP contribution in [0.25, 0.3) is 11.0 Å². The highest BCUT2D eigenvalue weighted by Gasteiger charge is 2.32. The van der Waals surface area contributed by atoms with E-state index in [1.807, 2.05) is 0 Å². The van der Waals surface area contributed by atoms with Crippen LogP contribution in [0.15, 0.2) is 40.9 Å².